The number of imidazole rings is 1. The molecule has 164 valence electrons. The Balaban J connectivity index is 1.45. The van der Waals surface area contributed by atoms with E-state index in [2.05, 4.69) is 9.97 Å². The van der Waals surface area contributed by atoms with E-state index in [9.17, 15) is 14.7 Å². The SMILES string of the molecule is O=C(O)N1C[C@H]2CC[C@@H]1CN2C(=O)Cn1cnc(-c2ccc(Cl)cc2)c1-c1ccncc1. The predicted octanol–water partition coefficient (Wildman–Crippen LogP) is 3.62. The van der Waals surface area contributed by atoms with Gasteiger partial charge in [-0.3, -0.25) is 9.78 Å². The van der Waals surface area contributed by atoms with E-state index in [1.165, 1.54) is 4.90 Å². The third-order valence-electron chi connectivity index (χ3n) is 6.31. The van der Waals surface area contributed by atoms with E-state index in [-0.39, 0.29) is 24.5 Å². The molecule has 6 rings (SSSR count). The summed E-state index contributed by atoms with van der Waals surface area (Å²) in [6.45, 7) is 0.955. The first kappa shape index (κ1) is 20.5. The van der Waals surface area contributed by atoms with Crippen LogP contribution in [0.2, 0.25) is 5.02 Å². The zero-order valence-corrected chi connectivity index (χ0v) is 18.0. The van der Waals surface area contributed by atoms with Crippen LogP contribution in [0, 0.1) is 0 Å². The highest BCUT2D eigenvalue weighted by molar-refractivity contribution is 6.30. The molecule has 2 aromatic heterocycles. The van der Waals surface area contributed by atoms with Crippen molar-refractivity contribution in [1.82, 2.24) is 24.3 Å². The summed E-state index contributed by atoms with van der Waals surface area (Å²) in [6.07, 6.45) is 5.83. The molecule has 2 atom stereocenters. The zero-order chi connectivity index (χ0) is 22.2. The second kappa shape index (κ2) is 8.27. The predicted molar refractivity (Wildman–Crippen MR) is 119 cm³/mol. The molecule has 0 saturated carbocycles. The number of piperidine rings is 2. The number of carbonyl (C=O) groups excluding carboxylic acids is 1. The average Bonchev–Trinajstić information content (AvgIpc) is 3.23. The number of fused-ring (bicyclic) bond motifs is 3. The van der Waals surface area contributed by atoms with E-state index in [0.29, 0.717) is 18.1 Å². The molecule has 3 aliphatic rings. The fourth-order valence-electron chi connectivity index (χ4n) is 4.74. The van der Waals surface area contributed by atoms with Gasteiger partial charge in [-0.2, -0.15) is 0 Å². The van der Waals surface area contributed by atoms with Gasteiger partial charge >= 0.3 is 6.09 Å². The number of amides is 2. The highest BCUT2D eigenvalue weighted by Crippen LogP contribution is 2.33. The first-order valence-corrected chi connectivity index (χ1v) is 10.9. The number of carboxylic acid groups (broad SMARTS) is 1. The fraction of sp³-hybridized carbons (Fsp3) is 0.304. The Morgan fingerprint density at radius 2 is 1.62 bits per heavy atom. The molecule has 9 heteroatoms. The maximum atomic E-state index is 13.3. The molecule has 3 aliphatic heterocycles. The van der Waals surface area contributed by atoms with Gasteiger partial charge in [0.15, 0.2) is 0 Å². The van der Waals surface area contributed by atoms with Crippen LogP contribution in [0.4, 0.5) is 4.79 Å². The number of piperazine rings is 1. The number of nitrogens with zero attached hydrogens (tertiary/aromatic N) is 5. The Morgan fingerprint density at radius 3 is 2.25 bits per heavy atom. The number of rotatable bonds is 4. The average molecular weight is 452 g/mol. The van der Waals surface area contributed by atoms with Crippen molar-refractivity contribution < 1.29 is 14.7 Å². The molecule has 0 spiro atoms. The van der Waals surface area contributed by atoms with Crippen LogP contribution in [0.5, 0.6) is 0 Å². The van der Waals surface area contributed by atoms with Crippen molar-refractivity contribution in [3.63, 3.8) is 0 Å². The van der Waals surface area contributed by atoms with Crippen LogP contribution in [-0.4, -0.2) is 66.6 Å². The van der Waals surface area contributed by atoms with Gasteiger partial charge in [-0.05, 0) is 37.1 Å². The van der Waals surface area contributed by atoms with Crippen LogP contribution >= 0.6 is 11.6 Å². The zero-order valence-electron chi connectivity index (χ0n) is 17.3. The van der Waals surface area contributed by atoms with E-state index in [0.717, 1.165) is 35.4 Å². The second-order valence-electron chi connectivity index (χ2n) is 8.18. The van der Waals surface area contributed by atoms with Gasteiger partial charge in [0.2, 0.25) is 5.91 Å². The molecule has 2 amide bonds. The third kappa shape index (κ3) is 3.71. The van der Waals surface area contributed by atoms with Crippen molar-refractivity contribution in [2.24, 2.45) is 0 Å². The van der Waals surface area contributed by atoms with Crippen LogP contribution in [0.15, 0.2) is 55.1 Å². The topological polar surface area (TPSA) is 91.6 Å². The minimum atomic E-state index is -0.908. The summed E-state index contributed by atoms with van der Waals surface area (Å²) in [5.41, 5.74) is 3.41. The fourth-order valence-corrected chi connectivity index (χ4v) is 4.86. The van der Waals surface area contributed by atoms with Crippen LogP contribution < -0.4 is 0 Å². The third-order valence-corrected chi connectivity index (χ3v) is 6.56. The van der Waals surface area contributed by atoms with Crippen LogP contribution in [0.3, 0.4) is 0 Å². The van der Waals surface area contributed by atoms with E-state index in [4.69, 9.17) is 11.6 Å². The first-order valence-electron chi connectivity index (χ1n) is 10.5. The standard InChI is InChI=1S/C23H22ClN5O3/c24-17-3-1-15(2-4-17)21-22(16-7-9-25-10-8-16)27(14-26-21)13-20(30)28-11-19-6-5-18(28)12-29(19)23(31)32/h1-4,7-10,14,18-19H,5-6,11-13H2,(H,31,32)/t18-,19-/m1/s1. The summed E-state index contributed by atoms with van der Waals surface area (Å²) < 4.78 is 1.86. The van der Waals surface area contributed by atoms with Gasteiger partial charge in [0.25, 0.3) is 0 Å². The molecule has 0 unspecified atom stereocenters. The smallest absolute Gasteiger partial charge is 0.407 e. The molecule has 5 heterocycles. The Hall–Kier alpha value is -3.39. The first-order chi connectivity index (χ1) is 15.5. The van der Waals surface area contributed by atoms with Gasteiger partial charge in [0.1, 0.15) is 6.54 Å². The number of hydrogen-bond donors (Lipinski definition) is 1. The lowest BCUT2D eigenvalue weighted by atomic mass is 9.91. The Bertz CT molecular complexity index is 1150. The lowest BCUT2D eigenvalue weighted by molar-refractivity contribution is -0.141. The molecular weight excluding hydrogens is 430 g/mol. The molecule has 3 saturated heterocycles. The molecule has 3 aromatic rings. The van der Waals surface area contributed by atoms with Crippen molar-refractivity contribution in [3.05, 3.63) is 60.1 Å². The van der Waals surface area contributed by atoms with E-state index in [1.54, 1.807) is 18.7 Å². The summed E-state index contributed by atoms with van der Waals surface area (Å²) in [5, 5.41) is 10.1. The molecular formula is C23H22ClN5O3. The van der Waals surface area contributed by atoms with Gasteiger partial charge < -0.3 is 19.5 Å². The van der Waals surface area contributed by atoms with Crippen LogP contribution in [-0.2, 0) is 11.3 Å². The summed E-state index contributed by atoms with van der Waals surface area (Å²) in [4.78, 5) is 36.8. The van der Waals surface area contributed by atoms with Crippen LogP contribution in [0.25, 0.3) is 22.5 Å². The molecule has 32 heavy (non-hydrogen) atoms. The maximum Gasteiger partial charge on any atom is 0.407 e. The summed E-state index contributed by atoms with van der Waals surface area (Å²) in [7, 11) is 0. The number of halogens is 1. The highest BCUT2D eigenvalue weighted by atomic mass is 35.5. The van der Waals surface area contributed by atoms with Gasteiger partial charge in [-0.15, -0.1) is 0 Å². The Labute approximate surface area is 190 Å². The molecule has 0 radical (unpaired) electrons. The number of aromatic nitrogens is 3. The lowest BCUT2D eigenvalue weighted by Gasteiger charge is -2.50. The van der Waals surface area contributed by atoms with E-state index in [1.807, 2.05) is 45.9 Å². The van der Waals surface area contributed by atoms with Crippen molar-refractivity contribution >= 4 is 23.6 Å². The molecule has 1 N–H and O–H groups in total. The number of carbonyl (C=O) groups is 2. The molecule has 8 nitrogen and oxygen atoms in total. The highest BCUT2D eigenvalue weighted by Gasteiger charge is 2.43. The largest absolute Gasteiger partial charge is 0.465 e. The van der Waals surface area contributed by atoms with Crippen molar-refractivity contribution in [3.8, 4) is 22.5 Å². The normalized spacial score (nSPS) is 19.9. The molecule has 2 bridgehead atoms. The minimum absolute atomic E-state index is 0.0277. The summed E-state index contributed by atoms with van der Waals surface area (Å²) >= 11 is 6.05. The van der Waals surface area contributed by atoms with Crippen LogP contribution in [0.1, 0.15) is 12.8 Å². The summed E-state index contributed by atoms with van der Waals surface area (Å²) in [6, 6.07) is 11.0. The van der Waals surface area contributed by atoms with Crippen molar-refractivity contribution in [2.75, 3.05) is 13.1 Å². The molecule has 3 fully saturated rings. The van der Waals surface area contributed by atoms with Crippen molar-refractivity contribution in [1.29, 1.82) is 0 Å². The second-order valence-corrected chi connectivity index (χ2v) is 8.61. The van der Waals surface area contributed by atoms with E-state index >= 15 is 0 Å². The van der Waals surface area contributed by atoms with Crippen molar-refractivity contribution in [2.45, 2.75) is 31.5 Å². The maximum absolute atomic E-state index is 13.3. The molecule has 0 aliphatic carbocycles. The number of hydrogen-bond acceptors (Lipinski definition) is 4. The van der Waals surface area contributed by atoms with Gasteiger partial charge in [0, 0.05) is 47.7 Å². The summed E-state index contributed by atoms with van der Waals surface area (Å²) in [5.74, 6) is -0.0277. The monoisotopic (exact) mass is 451 g/mol. The number of benzene rings is 1. The quantitative estimate of drug-likeness (QED) is 0.654. The molecule has 1 aromatic carbocycles. The van der Waals surface area contributed by atoms with E-state index < -0.39 is 6.09 Å². The lowest BCUT2D eigenvalue weighted by Crippen LogP contribution is -2.65. The van der Waals surface area contributed by atoms with Gasteiger partial charge in [0.05, 0.1) is 23.8 Å². The van der Waals surface area contributed by atoms with Gasteiger partial charge in [-0.1, -0.05) is 23.7 Å². The van der Waals surface area contributed by atoms with Gasteiger partial charge in [-0.25, -0.2) is 9.78 Å². The minimum Gasteiger partial charge on any atom is -0.465 e. The number of pyridine rings is 1. The Morgan fingerprint density at radius 1 is 0.969 bits per heavy atom. The Kier molecular flexibility index (Phi) is 5.30.